The third-order valence-corrected chi connectivity index (χ3v) is 6.80. The summed E-state index contributed by atoms with van der Waals surface area (Å²) in [6.45, 7) is 5.81. The van der Waals surface area contributed by atoms with Crippen LogP contribution in [0.15, 0.2) is 65.6 Å². The predicted molar refractivity (Wildman–Crippen MR) is 131 cm³/mol. The molecule has 4 N–H and O–H groups in total. The molecule has 0 bridgehead atoms. The Hall–Kier alpha value is -2.75. The molecule has 2 amide bonds. The molecule has 3 atom stereocenters. The van der Waals surface area contributed by atoms with Gasteiger partial charge in [-0.05, 0) is 36.5 Å². The Kier molecular flexibility index (Phi) is 10.7. The van der Waals surface area contributed by atoms with Gasteiger partial charge in [0.15, 0.2) is 6.10 Å². The smallest absolute Gasteiger partial charge is 0.251 e. The summed E-state index contributed by atoms with van der Waals surface area (Å²) in [5.74, 6) is -0.837. The summed E-state index contributed by atoms with van der Waals surface area (Å²) >= 11 is 0. The zero-order valence-electron chi connectivity index (χ0n) is 19.9. The fraction of sp³-hybridized carbons (Fsp3) is 0.440. The lowest BCUT2D eigenvalue weighted by Gasteiger charge is -2.26. The van der Waals surface area contributed by atoms with Crippen LogP contribution in [-0.2, 0) is 26.0 Å². The van der Waals surface area contributed by atoms with E-state index in [-0.39, 0.29) is 36.2 Å². The molecule has 0 aliphatic heterocycles. The molecular formula is C25H35N3O5S. The van der Waals surface area contributed by atoms with Crippen LogP contribution in [0.5, 0.6) is 0 Å². The van der Waals surface area contributed by atoms with Gasteiger partial charge in [0.2, 0.25) is 15.9 Å². The number of carbonyl (C=O) groups is 2. The summed E-state index contributed by atoms with van der Waals surface area (Å²) in [6.07, 6.45) is -0.537. The minimum atomic E-state index is -3.69. The van der Waals surface area contributed by atoms with Crippen LogP contribution in [0.1, 0.15) is 32.8 Å². The Morgan fingerprint density at radius 2 is 1.47 bits per heavy atom. The fourth-order valence-corrected chi connectivity index (χ4v) is 4.64. The lowest BCUT2D eigenvalue weighted by atomic mass is 9.96. The van der Waals surface area contributed by atoms with E-state index in [1.165, 1.54) is 12.1 Å². The molecule has 34 heavy (non-hydrogen) atoms. The average Bonchev–Trinajstić information content (AvgIpc) is 2.81. The van der Waals surface area contributed by atoms with Crippen LogP contribution in [-0.4, -0.2) is 50.6 Å². The SMILES string of the molecule is CC(C)C[C@H](C)C(=O)N[C@@H](Cc1ccccc1)C(O)C(=O)NCCNS(=O)(=O)c1ccccc1. The molecule has 0 heterocycles. The van der Waals surface area contributed by atoms with Gasteiger partial charge in [0, 0.05) is 19.0 Å². The molecule has 0 saturated carbocycles. The summed E-state index contributed by atoms with van der Waals surface area (Å²) in [5, 5.41) is 16.1. The van der Waals surface area contributed by atoms with Gasteiger partial charge in [0.1, 0.15) is 0 Å². The Labute approximate surface area is 202 Å². The number of sulfonamides is 1. The summed E-state index contributed by atoms with van der Waals surface area (Å²) in [5.41, 5.74) is 0.867. The second-order valence-corrected chi connectivity index (χ2v) is 10.5. The normalized spacial score (nSPS) is 14.3. The second-order valence-electron chi connectivity index (χ2n) is 8.78. The molecule has 0 saturated heterocycles. The van der Waals surface area contributed by atoms with Crippen LogP contribution < -0.4 is 15.4 Å². The number of rotatable bonds is 13. The molecule has 9 heteroatoms. The molecule has 2 rings (SSSR count). The first-order chi connectivity index (χ1) is 16.1. The molecule has 2 aromatic carbocycles. The van der Waals surface area contributed by atoms with E-state index >= 15 is 0 Å². The van der Waals surface area contributed by atoms with Gasteiger partial charge in [-0.3, -0.25) is 9.59 Å². The van der Waals surface area contributed by atoms with Gasteiger partial charge < -0.3 is 15.7 Å². The maximum Gasteiger partial charge on any atom is 0.251 e. The average molecular weight is 490 g/mol. The first kappa shape index (κ1) is 27.5. The third kappa shape index (κ3) is 8.89. The molecule has 2 aromatic rings. The van der Waals surface area contributed by atoms with E-state index in [4.69, 9.17) is 0 Å². The van der Waals surface area contributed by atoms with Crippen molar-refractivity contribution in [3.63, 3.8) is 0 Å². The highest BCUT2D eigenvalue weighted by Gasteiger charge is 2.29. The van der Waals surface area contributed by atoms with E-state index in [1.54, 1.807) is 18.2 Å². The number of hydrogen-bond acceptors (Lipinski definition) is 5. The number of nitrogens with one attached hydrogen (secondary N) is 3. The molecule has 1 unspecified atom stereocenters. The van der Waals surface area contributed by atoms with Gasteiger partial charge in [-0.25, -0.2) is 13.1 Å². The van der Waals surface area contributed by atoms with Gasteiger partial charge >= 0.3 is 0 Å². The number of carbonyl (C=O) groups excluding carboxylic acids is 2. The zero-order valence-corrected chi connectivity index (χ0v) is 20.7. The van der Waals surface area contributed by atoms with Crippen LogP contribution >= 0.6 is 0 Å². The van der Waals surface area contributed by atoms with E-state index in [2.05, 4.69) is 15.4 Å². The first-order valence-electron chi connectivity index (χ1n) is 11.4. The lowest BCUT2D eigenvalue weighted by Crippen LogP contribution is -2.53. The van der Waals surface area contributed by atoms with Crippen molar-refractivity contribution in [1.82, 2.24) is 15.4 Å². The Morgan fingerprint density at radius 3 is 2.06 bits per heavy atom. The van der Waals surface area contributed by atoms with E-state index in [0.717, 1.165) is 5.56 Å². The molecule has 0 aliphatic rings. The number of aliphatic hydroxyl groups is 1. The number of aliphatic hydroxyl groups excluding tert-OH is 1. The molecule has 186 valence electrons. The van der Waals surface area contributed by atoms with Crippen LogP contribution in [0.2, 0.25) is 0 Å². The van der Waals surface area contributed by atoms with Gasteiger partial charge in [-0.15, -0.1) is 0 Å². The van der Waals surface area contributed by atoms with Gasteiger partial charge in [0.05, 0.1) is 10.9 Å². The Balaban J connectivity index is 1.96. The fourth-order valence-electron chi connectivity index (χ4n) is 3.59. The zero-order chi connectivity index (χ0) is 25.1. The van der Waals surface area contributed by atoms with Crippen LogP contribution in [0.4, 0.5) is 0 Å². The Morgan fingerprint density at radius 1 is 0.882 bits per heavy atom. The van der Waals surface area contributed by atoms with E-state index < -0.39 is 28.1 Å². The number of benzene rings is 2. The molecule has 0 fully saturated rings. The second kappa shape index (κ2) is 13.2. The third-order valence-electron chi connectivity index (χ3n) is 5.32. The summed E-state index contributed by atoms with van der Waals surface area (Å²) in [4.78, 5) is 25.4. The largest absolute Gasteiger partial charge is 0.381 e. The molecule has 0 aromatic heterocycles. The molecule has 8 nitrogen and oxygen atoms in total. The van der Waals surface area contributed by atoms with Crippen molar-refractivity contribution in [1.29, 1.82) is 0 Å². The van der Waals surface area contributed by atoms with Crippen LogP contribution in [0.3, 0.4) is 0 Å². The van der Waals surface area contributed by atoms with Crippen molar-refractivity contribution in [3.05, 3.63) is 66.2 Å². The van der Waals surface area contributed by atoms with Crippen molar-refractivity contribution in [2.75, 3.05) is 13.1 Å². The molecule has 0 radical (unpaired) electrons. The van der Waals surface area contributed by atoms with Crippen molar-refractivity contribution in [2.24, 2.45) is 11.8 Å². The van der Waals surface area contributed by atoms with E-state index in [1.807, 2.05) is 51.1 Å². The maximum absolute atomic E-state index is 12.7. The molecule has 0 spiro atoms. The van der Waals surface area contributed by atoms with Gasteiger partial charge in [-0.2, -0.15) is 0 Å². The number of amides is 2. The van der Waals surface area contributed by atoms with Crippen molar-refractivity contribution < 1.29 is 23.1 Å². The van der Waals surface area contributed by atoms with Gasteiger partial charge in [0.25, 0.3) is 5.91 Å². The quantitative estimate of drug-likeness (QED) is 0.320. The molecular weight excluding hydrogens is 454 g/mol. The standard InChI is InChI=1S/C25H35N3O5S/c1-18(2)16-19(3)24(30)28-22(17-20-10-6-4-7-11-20)23(29)25(31)26-14-15-27-34(32,33)21-12-8-5-9-13-21/h4-13,18-19,22-23,27,29H,14-17H2,1-3H3,(H,26,31)(H,28,30)/t19-,22-,23?/m0/s1. The summed E-state index contributed by atoms with van der Waals surface area (Å²) in [7, 11) is -3.69. The van der Waals surface area contributed by atoms with E-state index in [9.17, 15) is 23.1 Å². The first-order valence-corrected chi connectivity index (χ1v) is 12.9. The highest BCUT2D eigenvalue weighted by atomic mass is 32.2. The highest BCUT2D eigenvalue weighted by Crippen LogP contribution is 2.13. The van der Waals surface area contributed by atoms with Crippen molar-refractivity contribution in [3.8, 4) is 0 Å². The van der Waals surface area contributed by atoms with E-state index in [0.29, 0.717) is 12.3 Å². The minimum absolute atomic E-state index is 0.0162. The van der Waals surface area contributed by atoms with Crippen molar-refractivity contribution in [2.45, 2.75) is 50.7 Å². The van der Waals surface area contributed by atoms with Gasteiger partial charge in [-0.1, -0.05) is 69.3 Å². The van der Waals surface area contributed by atoms with Crippen molar-refractivity contribution >= 4 is 21.8 Å². The monoisotopic (exact) mass is 489 g/mol. The topological polar surface area (TPSA) is 125 Å². The van der Waals surface area contributed by atoms with Crippen LogP contribution in [0.25, 0.3) is 0 Å². The highest BCUT2D eigenvalue weighted by molar-refractivity contribution is 7.89. The summed E-state index contributed by atoms with van der Waals surface area (Å²) < 4.78 is 26.9. The minimum Gasteiger partial charge on any atom is -0.381 e. The predicted octanol–water partition coefficient (Wildman–Crippen LogP) is 1.85. The lowest BCUT2D eigenvalue weighted by molar-refractivity contribution is -0.133. The Bertz CT molecular complexity index is 1010. The number of hydrogen-bond donors (Lipinski definition) is 4. The summed E-state index contributed by atoms with van der Waals surface area (Å²) in [6, 6.07) is 16.4. The maximum atomic E-state index is 12.7. The van der Waals surface area contributed by atoms with Crippen LogP contribution in [0, 0.1) is 11.8 Å². The molecule has 0 aliphatic carbocycles.